The van der Waals surface area contributed by atoms with Crippen LogP contribution in [0.1, 0.15) is 125 Å². The number of ether oxygens (including phenoxy) is 1. The Kier molecular flexibility index (Phi) is 18.0. The van der Waals surface area contributed by atoms with Crippen LogP contribution in [-0.4, -0.2) is 62.7 Å². The molecule has 0 saturated carbocycles. The lowest BCUT2D eigenvalue weighted by atomic mass is 9.83. The summed E-state index contributed by atoms with van der Waals surface area (Å²) in [5.74, 6) is 1.25. The van der Waals surface area contributed by atoms with E-state index in [1.54, 1.807) is 27.9 Å². The molecule has 0 aliphatic carbocycles. The smallest absolute Gasteiger partial charge is 0.290 e. The fourth-order valence-corrected chi connectivity index (χ4v) is 6.31. The van der Waals surface area contributed by atoms with E-state index in [1.165, 1.54) is 73.9 Å². The number of aliphatic hydroxyl groups is 1. The van der Waals surface area contributed by atoms with Crippen molar-refractivity contribution in [3.63, 3.8) is 0 Å². The van der Waals surface area contributed by atoms with Crippen LogP contribution in [0.4, 0.5) is 5.82 Å². The molecule has 1 aliphatic rings. The predicted molar refractivity (Wildman–Crippen MR) is 218 cm³/mol. The van der Waals surface area contributed by atoms with Gasteiger partial charge in [0.1, 0.15) is 5.82 Å². The topological polar surface area (TPSA) is 100 Å². The minimum Gasteiger partial charge on any atom is -0.483 e. The van der Waals surface area contributed by atoms with Gasteiger partial charge in [0.15, 0.2) is 5.65 Å². The first-order chi connectivity index (χ1) is 24.5. The van der Waals surface area contributed by atoms with E-state index < -0.39 is 5.60 Å². The third kappa shape index (κ3) is 15.1. The van der Waals surface area contributed by atoms with Crippen molar-refractivity contribution in [3.05, 3.63) is 71.9 Å². The van der Waals surface area contributed by atoms with Gasteiger partial charge >= 0.3 is 0 Å². The van der Waals surface area contributed by atoms with Crippen LogP contribution in [0.15, 0.2) is 60.7 Å². The van der Waals surface area contributed by atoms with Crippen molar-refractivity contribution >= 4 is 17.9 Å². The minimum atomic E-state index is -0.500. The number of aryl methyl sites for hydroxylation is 1. The van der Waals surface area contributed by atoms with Crippen molar-refractivity contribution < 1.29 is 19.7 Å². The van der Waals surface area contributed by atoms with Gasteiger partial charge in [-0.15, -0.1) is 0 Å². The summed E-state index contributed by atoms with van der Waals surface area (Å²) in [5.41, 5.74) is 7.96. The zero-order valence-electron chi connectivity index (χ0n) is 34.1. The predicted octanol–water partition coefficient (Wildman–Crippen LogP) is 10.8. The quantitative estimate of drug-likeness (QED) is 0.175. The number of nitrogens with zero attached hydrogens (tertiary/aromatic N) is 4. The maximum Gasteiger partial charge on any atom is 0.290 e. The molecule has 2 aromatic heterocycles. The second kappa shape index (κ2) is 21.1. The lowest BCUT2D eigenvalue weighted by Gasteiger charge is -2.28. The highest BCUT2D eigenvalue weighted by molar-refractivity contribution is 5.73. The third-order valence-electron chi connectivity index (χ3n) is 9.30. The maximum absolute atomic E-state index is 8.52. The molecule has 4 aromatic rings. The largest absolute Gasteiger partial charge is 0.483 e. The summed E-state index contributed by atoms with van der Waals surface area (Å²) in [6.45, 7) is 22.9. The van der Waals surface area contributed by atoms with Crippen molar-refractivity contribution in [1.82, 2.24) is 14.6 Å². The molecule has 0 spiro atoms. The molecule has 2 N–H and O–H groups in total. The van der Waals surface area contributed by atoms with Crippen molar-refractivity contribution in [3.8, 4) is 22.4 Å². The number of carboxylic acid groups (broad SMARTS) is 1. The van der Waals surface area contributed by atoms with Gasteiger partial charge in [-0.05, 0) is 103 Å². The standard InChI is InChI=1S/C31H38N4.C8H18O.C4H10O.CH2O2/c1-5-27-23(2)32-29-22-28(26-16-11-15-25(21-26)24-13-7-6-8-14-24)33-35(29)30(27)34-19-10-9-17-31(3,4)18-12-20-34;1-5-6-7-8(2,3)9-4;1-4(2,3)5;2-1-3/h6-8,11,13-16,21-22H,5,9-10,12,17-20H2,1-4H3;5-7H2,1-4H3;5H,1-3H3;1H,(H,2,3). The Morgan fingerprint density at radius 3 is 2.06 bits per heavy atom. The van der Waals surface area contributed by atoms with E-state index in [9.17, 15) is 0 Å². The van der Waals surface area contributed by atoms with Crippen LogP contribution in [0, 0.1) is 12.3 Å². The highest BCUT2D eigenvalue weighted by atomic mass is 16.5. The van der Waals surface area contributed by atoms with Gasteiger partial charge in [0.2, 0.25) is 0 Å². The van der Waals surface area contributed by atoms with Gasteiger partial charge in [-0.3, -0.25) is 4.79 Å². The average molecular weight is 717 g/mol. The maximum atomic E-state index is 8.52. The van der Waals surface area contributed by atoms with Gasteiger partial charge < -0.3 is 19.8 Å². The van der Waals surface area contributed by atoms with E-state index in [4.69, 9.17) is 29.8 Å². The van der Waals surface area contributed by atoms with Crippen LogP contribution < -0.4 is 4.90 Å². The Morgan fingerprint density at radius 1 is 0.885 bits per heavy atom. The summed E-state index contributed by atoms with van der Waals surface area (Å²) < 4.78 is 7.36. The van der Waals surface area contributed by atoms with E-state index >= 15 is 0 Å². The summed E-state index contributed by atoms with van der Waals surface area (Å²) in [5, 5.41) is 20.6. The number of fused-ring (bicyclic) bond motifs is 1. The fourth-order valence-electron chi connectivity index (χ4n) is 6.31. The lowest BCUT2D eigenvalue weighted by Crippen LogP contribution is -2.29. The summed E-state index contributed by atoms with van der Waals surface area (Å²) >= 11 is 0. The van der Waals surface area contributed by atoms with E-state index in [0.29, 0.717) is 5.41 Å². The molecule has 0 radical (unpaired) electrons. The molecule has 1 saturated heterocycles. The van der Waals surface area contributed by atoms with Gasteiger partial charge in [0.25, 0.3) is 6.47 Å². The number of methoxy groups -OCH3 is 1. The van der Waals surface area contributed by atoms with Crippen molar-refractivity contribution in [2.45, 2.75) is 138 Å². The van der Waals surface area contributed by atoms with Gasteiger partial charge in [-0.25, -0.2) is 4.98 Å². The van der Waals surface area contributed by atoms with Gasteiger partial charge in [0, 0.05) is 43.1 Å². The fraction of sp³-hybridized carbons (Fsp3) is 0.568. The number of rotatable bonds is 8. The average Bonchev–Trinajstić information content (AvgIpc) is 3.54. The normalized spacial score (nSPS) is 14.7. The summed E-state index contributed by atoms with van der Waals surface area (Å²) in [4.78, 5) is 15.9. The molecule has 0 atom stereocenters. The number of aromatic nitrogens is 3. The Labute approximate surface area is 314 Å². The first-order valence-electron chi connectivity index (χ1n) is 19.1. The summed E-state index contributed by atoms with van der Waals surface area (Å²) in [6, 6.07) is 21.4. The van der Waals surface area contributed by atoms with Crippen LogP contribution in [0.25, 0.3) is 28.0 Å². The van der Waals surface area contributed by atoms with Crippen LogP contribution in [0.2, 0.25) is 0 Å². The monoisotopic (exact) mass is 717 g/mol. The van der Waals surface area contributed by atoms with E-state index in [2.05, 4.69) is 119 Å². The van der Waals surface area contributed by atoms with E-state index in [0.717, 1.165) is 42.1 Å². The SMILES string of the molecule is CC(C)(C)O.CCCCC(C)(C)OC.CCc1c(C)nc2cc(-c3cccc(-c4ccccc4)c3)nn2c1N1CCCCC(C)(C)CCC1.O=CO. The number of unbranched alkanes of at least 4 members (excludes halogenated alkanes) is 1. The first-order valence-corrected chi connectivity index (χ1v) is 19.1. The number of anilines is 1. The molecule has 0 amide bonds. The second-order valence-corrected chi connectivity index (χ2v) is 16.2. The molecular weight excluding hydrogens is 649 g/mol. The third-order valence-corrected chi connectivity index (χ3v) is 9.30. The van der Waals surface area contributed by atoms with Crippen LogP contribution in [0.3, 0.4) is 0 Å². The molecule has 1 aliphatic heterocycles. The molecule has 3 heterocycles. The van der Waals surface area contributed by atoms with Crippen molar-refractivity contribution in [1.29, 1.82) is 0 Å². The first kappa shape index (κ1) is 44.4. The number of benzene rings is 2. The van der Waals surface area contributed by atoms with Crippen LogP contribution >= 0.6 is 0 Å². The lowest BCUT2D eigenvalue weighted by molar-refractivity contribution is -0.122. The molecule has 8 nitrogen and oxygen atoms in total. The summed E-state index contributed by atoms with van der Waals surface area (Å²) in [6.07, 6.45) is 11.0. The molecule has 52 heavy (non-hydrogen) atoms. The molecular formula is C44H68N4O4. The molecule has 288 valence electrons. The number of carbonyl (C=O) groups is 1. The zero-order valence-corrected chi connectivity index (χ0v) is 34.1. The van der Waals surface area contributed by atoms with Gasteiger partial charge in [-0.1, -0.05) is 95.5 Å². The Balaban J connectivity index is 0.000000460. The van der Waals surface area contributed by atoms with Crippen LogP contribution in [-0.2, 0) is 16.0 Å². The van der Waals surface area contributed by atoms with Gasteiger partial charge in [0.05, 0.1) is 16.9 Å². The number of hydrogen-bond acceptors (Lipinski definition) is 6. The minimum absolute atomic E-state index is 0.0933. The van der Waals surface area contributed by atoms with Gasteiger partial charge in [-0.2, -0.15) is 9.61 Å². The van der Waals surface area contributed by atoms with Crippen molar-refractivity contribution in [2.24, 2.45) is 5.41 Å². The summed E-state index contributed by atoms with van der Waals surface area (Å²) in [7, 11) is 1.77. The van der Waals surface area contributed by atoms with E-state index in [1.807, 2.05) is 0 Å². The second-order valence-electron chi connectivity index (χ2n) is 16.2. The highest BCUT2D eigenvalue weighted by Gasteiger charge is 2.24. The Hall–Kier alpha value is -3.75. The Morgan fingerprint density at radius 2 is 1.46 bits per heavy atom. The molecule has 1 fully saturated rings. The van der Waals surface area contributed by atoms with Crippen molar-refractivity contribution in [2.75, 3.05) is 25.1 Å². The highest BCUT2D eigenvalue weighted by Crippen LogP contribution is 2.34. The Bertz CT molecular complexity index is 1620. The molecule has 0 bridgehead atoms. The molecule has 8 heteroatoms. The molecule has 2 aromatic carbocycles. The van der Waals surface area contributed by atoms with Crippen LogP contribution in [0.5, 0.6) is 0 Å². The van der Waals surface area contributed by atoms with E-state index in [-0.39, 0.29) is 12.1 Å². The zero-order chi connectivity index (χ0) is 39.0. The number of hydrogen-bond donors (Lipinski definition) is 2. The molecule has 5 rings (SSSR count). The molecule has 0 unspecified atom stereocenters.